The van der Waals surface area contributed by atoms with Crippen LogP contribution in [-0.4, -0.2) is 40.3 Å². The summed E-state index contributed by atoms with van der Waals surface area (Å²) in [6, 6.07) is 15.7. The third kappa shape index (κ3) is 3.48. The van der Waals surface area contributed by atoms with E-state index in [-0.39, 0.29) is 11.5 Å². The van der Waals surface area contributed by atoms with Crippen molar-refractivity contribution in [1.82, 2.24) is 19.4 Å². The predicted molar refractivity (Wildman–Crippen MR) is 125 cm³/mol. The van der Waals surface area contributed by atoms with Gasteiger partial charge in [-0.25, -0.2) is 4.98 Å². The molecule has 0 fully saturated rings. The summed E-state index contributed by atoms with van der Waals surface area (Å²) in [7, 11) is 1.66. The van der Waals surface area contributed by atoms with Gasteiger partial charge in [-0.15, -0.1) is 0 Å². The van der Waals surface area contributed by atoms with Gasteiger partial charge in [0.1, 0.15) is 0 Å². The molecule has 0 atom stereocenters. The molecule has 1 aliphatic heterocycles. The third-order valence-corrected chi connectivity index (χ3v) is 6.14. The van der Waals surface area contributed by atoms with E-state index in [4.69, 9.17) is 9.72 Å². The Morgan fingerprint density at radius 2 is 1.91 bits per heavy atom. The second-order valence-corrected chi connectivity index (χ2v) is 8.10. The minimum absolute atomic E-state index is 0.00676. The number of hydrogen-bond donors (Lipinski definition) is 1. The number of nitrogens with one attached hydrogen (secondary N) is 1. The van der Waals surface area contributed by atoms with Crippen molar-refractivity contribution >= 4 is 27.7 Å². The Morgan fingerprint density at radius 3 is 2.75 bits per heavy atom. The molecular weight excluding hydrogens is 404 g/mol. The largest absolute Gasteiger partial charge is 0.385 e. The lowest BCUT2D eigenvalue weighted by molar-refractivity contribution is -0.121. The lowest BCUT2D eigenvalue weighted by Crippen LogP contribution is -2.29. The topological polar surface area (TPSA) is 78.2 Å². The zero-order valence-corrected chi connectivity index (χ0v) is 18.1. The summed E-state index contributed by atoms with van der Waals surface area (Å²) in [4.78, 5) is 30.5. The van der Waals surface area contributed by atoms with Gasteiger partial charge in [0.05, 0.1) is 16.6 Å². The maximum Gasteiger partial charge on any atom is 0.261 e. The average Bonchev–Trinajstić information content (AvgIpc) is 3.15. The molecule has 5 rings (SSSR count). The molecule has 0 saturated heterocycles. The maximum absolute atomic E-state index is 13.2. The molecule has 1 aliphatic rings. The van der Waals surface area contributed by atoms with Gasteiger partial charge in [-0.3, -0.25) is 14.2 Å². The highest BCUT2D eigenvalue weighted by Gasteiger charge is 2.27. The van der Waals surface area contributed by atoms with E-state index in [2.05, 4.69) is 22.0 Å². The van der Waals surface area contributed by atoms with Crippen LogP contribution in [0, 0.1) is 0 Å². The number of hydrogen-bond acceptors (Lipinski definition) is 4. The van der Waals surface area contributed by atoms with E-state index in [0.717, 1.165) is 29.4 Å². The van der Waals surface area contributed by atoms with Gasteiger partial charge in [-0.1, -0.05) is 30.3 Å². The van der Waals surface area contributed by atoms with Gasteiger partial charge >= 0.3 is 0 Å². The van der Waals surface area contributed by atoms with E-state index in [9.17, 15) is 9.59 Å². The number of methoxy groups -OCH3 is 1. The van der Waals surface area contributed by atoms with Gasteiger partial charge in [0.2, 0.25) is 5.91 Å². The number of amides is 1. The molecule has 2 aromatic carbocycles. The van der Waals surface area contributed by atoms with E-state index >= 15 is 0 Å². The Labute approximate surface area is 185 Å². The highest BCUT2D eigenvalue weighted by atomic mass is 16.5. The molecule has 32 heavy (non-hydrogen) atoms. The molecule has 1 N–H and O–H groups in total. The lowest BCUT2D eigenvalue weighted by atomic mass is 10.0. The Bertz CT molecular complexity index is 1370. The van der Waals surface area contributed by atoms with Crippen molar-refractivity contribution in [3.05, 3.63) is 64.4 Å². The SMILES string of the molecule is COCCCNC(=O)CCn1c2c(c3ccccc31)CCn1c-2nc2ccccc2c1=O. The number of ether oxygens (including phenoxy) is 1. The molecule has 3 heterocycles. The van der Waals surface area contributed by atoms with Crippen LogP contribution in [0.4, 0.5) is 0 Å². The zero-order valence-electron chi connectivity index (χ0n) is 18.1. The zero-order chi connectivity index (χ0) is 22.1. The molecule has 0 aliphatic carbocycles. The fraction of sp³-hybridized carbons (Fsp3) is 0.320. The van der Waals surface area contributed by atoms with Crippen molar-refractivity contribution < 1.29 is 9.53 Å². The Morgan fingerprint density at radius 1 is 1.12 bits per heavy atom. The number of fused-ring (bicyclic) bond motifs is 6. The van der Waals surface area contributed by atoms with Crippen molar-refractivity contribution in [3.8, 4) is 11.5 Å². The first-order chi connectivity index (χ1) is 15.7. The summed E-state index contributed by atoms with van der Waals surface area (Å²) in [5.41, 5.74) is 3.91. The molecule has 164 valence electrons. The molecule has 0 saturated carbocycles. The first kappa shape index (κ1) is 20.5. The second kappa shape index (κ2) is 8.59. The molecule has 0 radical (unpaired) electrons. The monoisotopic (exact) mass is 430 g/mol. The minimum Gasteiger partial charge on any atom is -0.385 e. The summed E-state index contributed by atoms with van der Waals surface area (Å²) in [5, 5.41) is 4.76. The quantitative estimate of drug-likeness (QED) is 0.457. The lowest BCUT2D eigenvalue weighted by Gasteiger charge is -2.21. The smallest absolute Gasteiger partial charge is 0.261 e. The fourth-order valence-corrected chi connectivity index (χ4v) is 4.64. The normalized spacial score (nSPS) is 12.7. The van der Waals surface area contributed by atoms with Crippen molar-refractivity contribution in [1.29, 1.82) is 0 Å². The number of carbonyl (C=O) groups excluding carboxylic acids is 1. The molecule has 1 amide bonds. The second-order valence-electron chi connectivity index (χ2n) is 8.10. The van der Waals surface area contributed by atoms with E-state index in [1.165, 1.54) is 5.56 Å². The number of nitrogens with zero attached hydrogens (tertiary/aromatic N) is 3. The summed E-state index contributed by atoms with van der Waals surface area (Å²) < 4.78 is 8.98. The van der Waals surface area contributed by atoms with Gasteiger partial charge in [-0.05, 0) is 36.6 Å². The van der Waals surface area contributed by atoms with Crippen molar-refractivity contribution in [2.75, 3.05) is 20.3 Å². The van der Waals surface area contributed by atoms with E-state index in [0.29, 0.717) is 49.4 Å². The van der Waals surface area contributed by atoms with Crippen LogP contribution >= 0.6 is 0 Å². The van der Waals surface area contributed by atoms with E-state index in [1.807, 2.05) is 36.4 Å². The van der Waals surface area contributed by atoms with Crippen LogP contribution in [0.1, 0.15) is 18.4 Å². The average molecular weight is 431 g/mol. The Balaban J connectivity index is 1.57. The van der Waals surface area contributed by atoms with Crippen LogP contribution in [-0.2, 0) is 29.0 Å². The van der Waals surface area contributed by atoms with Gasteiger partial charge in [-0.2, -0.15) is 0 Å². The molecule has 0 spiro atoms. The van der Waals surface area contributed by atoms with Gasteiger partial charge in [0.15, 0.2) is 5.82 Å². The van der Waals surface area contributed by atoms with Crippen LogP contribution in [0.2, 0.25) is 0 Å². The highest BCUT2D eigenvalue weighted by Crippen LogP contribution is 2.36. The van der Waals surface area contributed by atoms with Crippen molar-refractivity contribution in [2.24, 2.45) is 0 Å². The summed E-state index contributed by atoms with van der Waals surface area (Å²) >= 11 is 0. The van der Waals surface area contributed by atoms with Gasteiger partial charge in [0, 0.05) is 50.7 Å². The van der Waals surface area contributed by atoms with Crippen LogP contribution in [0.5, 0.6) is 0 Å². The maximum atomic E-state index is 13.2. The molecule has 0 bridgehead atoms. The fourth-order valence-electron chi connectivity index (χ4n) is 4.64. The molecule has 0 unspecified atom stereocenters. The third-order valence-electron chi connectivity index (χ3n) is 6.14. The van der Waals surface area contributed by atoms with E-state index < -0.39 is 0 Å². The molecule has 7 heteroatoms. The minimum atomic E-state index is -0.0102. The van der Waals surface area contributed by atoms with Crippen LogP contribution in [0.25, 0.3) is 33.3 Å². The molecule has 7 nitrogen and oxygen atoms in total. The molecular formula is C25H26N4O3. The summed E-state index contributed by atoms with van der Waals surface area (Å²) in [5.74, 6) is 0.693. The number of aromatic nitrogens is 3. The number of carbonyl (C=O) groups is 1. The summed E-state index contributed by atoms with van der Waals surface area (Å²) in [6.45, 7) is 2.35. The van der Waals surface area contributed by atoms with Crippen molar-refractivity contribution in [3.63, 3.8) is 0 Å². The highest BCUT2D eigenvalue weighted by molar-refractivity contribution is 5.92. The summed E-state index contributed by atoms with van der Waals surface area (Å²) in [6.07, 6.45) is 1.91. The standard InChI is InChI=1S/C25H26N4O3/c1-32-16-6-13-26-22(30)12-15-28-21-10-5-3-7-17(21)18-11-14-29-24(23(18)28)27-20-9-4-2-8-19(20)25(29)31/h2-5,7-10H,6,11-16H2,1H3,(H,26,30). The van der Waals surface area contributed by atoms with Gasteiger partial charge < -0.3 is 14.6 Å². The van der Waals surface area contributed by atoms with Crippen LogP contribution in [0.15, 0.2) is 53.3 Å². The Hall–Kier alpha value is -3.45. The van der Waals surface area contributed by atoms with Gasteiger partial charge in [0.25, 0.3) is 5.56 Å². The van der Waals surface area contributed by atoms with Crippen LogP contribution < -0.4 is 10.9 Å². The first-order valence-corrected chi connectivity index (χ1v) is 11.0. The number of para-hydroxylation sites is 2. The van der Waals surface area contributed by atoms with Crippen LogP contribution in [0.3, 0.4) is 0 Å². The van der Waals surface area contributed by atoms with Crippen molar-refractivity contribution in [2.45, 2.75) is 32.4 Å². The number of benzene rings is 2. The first-order valence-electron chi connectivity index (χ1n) is 11.0. The predicted octanol–water partition coefficient (Wildman–Crippen LogP) is 3.12. The number of rotatable bonds is 7. The van der Waals surface area contributed by atoms with E-state index in [1.54, 1.807) is 11.7 Å². The molecule has 2 aromatic heterocycles. The molecule has 4 aromatic rings. The Kier molecular flexibility index (Phi) is 5.49. The number of aryl methyl sites for hydroxylation is 2.